The summed E-state index contributed by atoms with van der Waals surface area (Å²) >= 11 is 3.36. The number of nitrogen functional groups attached to an aromatic ring is 1. The summed E-state index contributed by atoms with van der Waals surface area (Å²) in [6.07, 6.45) is 3.44. The third kappa shape index (κ3) is 2.99. The van der Waals surface area contributed by atoms with E-state index < -0.39 is 0 Å². The normalized spacial score (nSPS) is 11.9. The van der Waals surface area contributed by atoms with Crippen LogP contribution in [0.4, 0.5) is 5.69 Å². The predicted octanol–water partition coefficient (Wildman–Crippen LogP) is 3.26. The Morgan fingerprint density at radius 3 is 2.60 bits per heavy atom. The molecule has 0 saturated carbocycles. The van der Waals surface area contributed by atoms with Gasteiger partial charge in [-0.2, -0.15) is 0 Å². The van der Waals surface area contributed by atoms with Crippen molar-refractivity contribution in [2.75, 3.05) is 12.8 Å². The van der Waals surface area contributed by atoms with Crippen LogP contribution >= 0.6 is 15.9 Å². The van der Waals surface area contributed by atoms with Gasteiger partial charge in [0.25, 0.3) is 5.91 Å². The average molecular weight is 334 g/mol. The van der Waals surface area contributed by atoms with E-state index in [9.17, 15) is 4.79 Å². The van der Waals surface area contributed by atoms with E-state index in [2.05, 4.69) is 20.9 Å². The van der Waals surface area contributed by atoms with E-state index in [4.69, 9.17) is 5.73 Å². The summed E-state index contributed by atoms with van der Waals surface area (Å²) in [7, 11) is 1.77. The van der Waals surface area contributed by atoms with Crippen molar-refractivity contribution in [3.8, 4) is 0 Å². The maximum absolute atomic E-state index is 12.5. The minimum atomic E-state index is -0.104. The second kappa shape index (κ2) is 6.05. The Balaban J connectivity index is 2.27. The van der Waals surface area contributed by atoms with Crippen LogP contribution in [0, 0.1) is 0 Å². The summed E-state index contributed by atoms with van der Waals surface area (Å²) in [6.45, 7) is 1.97. The number of rotatable bonds is 3. The highest BCUT2D eigenvalue weighted by molar-refractivity contribution is 9.10. The third-order valence-electron chi connectivity index (χ3n) is 3.34. The first-order chi connectivity index (χ1) is 9.50. The molecule has 2 aromatic rings. The van der Waals surface area contributed by atoms with Gasteiger partial charge in [0.2, 0.25) is 0 Å². The van der Waals surface area contributed by atoms with Gasteiger partial charge in [-0.05, 0) is 42.8 Å². The molecular formula is C15H16BrN3O. The minimum absolute atomic E-state index is 0.0520. The summed E-state index contributed by atoms with van der Waals surface area (Å²) < 4.78 is 0.833. The zero-order valence-corrected chi connectivity index (χ0v) is 13.0. The molecule has 20 heavy (non-hydrogen) atoms. The third-order valence-corrected chi connectivity index (χ3v) is 3.83. The molecule has 2 rings (SSSR count). The van der Waals surface area contributed by atoms with Crippen LogP contribution in [0.3, 0.4) is 0 Å². The molecule has 0 saturated heterocycles. The zero-order valence-electron chi connectivity index (χ0n) is 11.4. The quantitative estimate of drug-likeness (QED) is 0.877. The fourth-order valence-corrected chi connectivity index (χ4v) is 2.31. The van der Waals surface area contributed by atoms with E-state index in [0.29, 0.717) is 11.3 Å². The van der Waals surface area contributed by atoms with Gasteiger partial charge in [0.1, 0.15) is 0 Å². The number of carbonyl (C=O) groups excluding carboxylic acids is 1. The summed E-state index contributed by atoms with van der Waals surface area (Å²) in [5, 5.41) is 0. The number of hydrogen-bond acceptors (Lipinski definition) is 3. The molecule has 0 aliphatic rings. The van der Waals surface area contributed by atoms with E-state index in [1.165, 1.54) is 0 Å². The summed E-state index contributed by atoms with van der Waals surface area (Å²) in [6, 6.07) is 9.04. The van der Waals surface area contributed by atoms with E-state index in [0.717, 1.165) is 10.0 Å². The van der Waals surface area contributed by atoms with Crippen LogP contribution < -0.4 is 5.73 Å². The van der Waals surface area contributed by atoms with Crippen molar-refractivity contribution in [1.29, 1.82) is 0 Å². The topological polar surface area (TPSA) is 59.2 Å². The van der Waals surface area contributed by atoms with Crippen molar-refractivity contribution in [2.45, 2.75) is 13.0 Å². The smallest absolute Gasteiger partial charge is 0.256 e. The summed E-state index contributed by atoms with van der Waals surface area (Å²) in [4.78, 5) is 18.2. The van der Waals surface area contributed by atoms with Crippen LogP contribution in [0.1, 0.15) is 28.9 Å². The van der Waals surface area contributed by atoms with E-state index in [1.807, 2.05) is 25.1 Å². The van der Waals surface area contributed by atoms with Gasteiger partial charge in [-0.25, -0.2) is 0 Å². The fourth-order valence-electron chi connectivity index (χ4n) is 1.95. The van der Waals surface area contributed by atoms with Crippen LogP contribution in [0.2, 0.25) is 0 Å². The van der Waals surface area contributed by atoms with Gasteiger partial charge >= 0.3 is 0 Å². The Morgan fingerprint density at radius 2 is 1.95 bits per heavy atom. The van der Waals surface area contributed by atoms with Crippen molar-refractivity contribution in [2.24, 2.45) is 0 Å². The van der Waals surface area contributed by atoms with Gasteiger partial charge in [-0.15, -0.1) is 0 Å². The lowest BCUT2D eigenvalue weighted by Crippen LogP contribution is -2.30. The predicted molar refractivity (Wildman–Crippen MR) is 83.3 cm³/mol. The number of nitrogens with zero attached hydrogens (tertiary/aromatic N) is 2. The maximum atomic E-state index is 12.5. The number of amides is 1. The lowest BCUT2D eigenvalue weighted by molar-refractivity contribution is 0.0743. The minimum Gasteiger partial charge on any atom is -0.398 e. The lowest BCUT2D eigenvalue weighted by Gasteiger charge is -2.26. The second-order valence-electron chi connectivity index (χ2n) is 4.60. The molecule has 4 nitrogen and oxygen atoms in total. The molecule has 1 atom stereocenters. The van der Waals surface area contributed by atoms with Crippen molar-refractivity contribution in [3.63, 3.8) is 0 Å². The number of anilines is 1. The van der Waals surface area contributed by atoms with Gasteiger partial charge in [-0.3, -0.25) is 9.78 Å². The molecule has 1 heterocycles. The van der Waals surface area contributed by atoms with Crippen molar-refractivity contribution < 1.29 is 4.79 Å². The first-order valence-corrected chi connectivity index (χ1v) is 7.02. The van der Waals surface area contributed by atoms with Crippen LogP contribution in [-0.2, 0) is 0 Å². The van der Waals surface area contributed by atoms with Crippen LogP contribution in [0.25, 0.3) is 0 Å². The second-order valence-corrected chi connectivity index (χ2v) is 5.52. The molecule has 2 N–H and O–H groups in total. The molecular weight excluding hydrogens is 318 g/mol. The highest BCUT2D eigenvalue weighted by Gasteiger charge is 2.20. The number of aromatic nitrogens is 1. The first kappa shape index (κ1) is 14.5. The Labute approximate surface area is 126 Å². The molecule has 1 aromatic carbocycles. The largest absolute Gasteiger partial charge is 0.398 e. The van der Waals surface area contributed by atoms with E-state index in [-0.39, 0.29) is 11.9 Å². The number of carbonyl (C=O) groups is 1. The molecule has 0 bridgehead atoms. The van der Waals surface area contributed by atoms with Gasteiger partial charge in [-0.1, -0.05) is 15.9 Å². The number of hydrogen-bond donors (Lipinski definition) is 1. The van der Waals surface area contributed by atoms with E-state index in [1.54, 1.807) is 36.5 Å². The SMILES string of the molecule is CC(c1ccncc1)N(C)C(=O)c1cc(Br)ccc1N. The van der Waals surface area contributed by atoms with Crippen LogP contribution in [0.5, 0.6) is 0 Å². The molecule has 0 aliphatic carbocycles. The Hall–Kier alpha value is -1.88. The molecule has 0 spiro atoms. The monoisotopic (exact) mass is 333 g/mol. The Morgan fingerprint density at radius 1 is 1.30 bits per heavy atom. The highest BCUT2D eigenvalue weighted by atomic mass is 79.9. The Bertz CT molecular complexity index is 616. The van der Waals surface area contributed by atoms with Crippen molar-refractivity contribution >= 4 is 27.5 Å². The highest BCUT2D eigenvalue weighted by Crippen LogP contribution is 2.24. The molecule has 1 unspecified atom stereocenters. The number of nitrogens with two attached hydrogens (primary N) is 1. The molecule has 0 fully saturated rings. The Kier molecular flexibility index (Phi) is 4.39. The summed E-state index contributed by atoms with van der Waals surface area (Å²) in [5.74, 6) is -0.104. The molecule has 1 amide bonds. The summed E-state index contributed by atoms with van der Waals surface area (Å²) in [5.41, 5.74) is 7.90. The van der Waals surface area contributed by atoms with Gasteiger partial charge in [0.05, 0.1) is 11.6 Å². The van der Waals surface area contributed by atoms with E-state index >= 15 is 0 Å². The first-order valence-electron chi connectivity index (χ1n) is 6.23. The van der Waals surface area contributed by atoms with Crippen LogP contribution in [0.15, 0.2) is 47.2 Å². The number of halogens is 1. The number of benzene rings is 1. The number of pyridine rings is 1. The zero-order chi connectivity index (χ0) is 14.7. The van der Waals surface area contributed by atoms with Gasteiger partial charge in [0.15, 0.2) is 0 Å². The standard InChI is InChI=1S/C15H16BrN3O/c1-10(11-5-7-18-8-6-11)19(2)15(20)13-9-12(16)3-4-14(13)17/h3-10H,17H2,1-2H3. The van der Waals surface area contributed by atoms with Gasteiger partial charge < -0.3 is 10.6 Å². The maximum Gasteiger partial charge on any atom is 0.256 e. The molecule has 1 aromatic heterocycles. The molecule has 0 radical (unpaired) electrons. The molecule has 5 heteroatoms. The van der Waals surface area contributed by atoms with Crippen LogP contribution in [-0.4, -0.2) is 22.8 Å². The molecule has 104 valence electrons. The molecule has 0 aliphatic heterocycles. The fraction of sp³-hybridized carbons (Fsp3) is 0.200. The van der Waals surface area contributed by atoms with Crippen molar-refractivity contribution in [3.05, 3.63) is 58.3 Å². The van der Waals surface area contributed by atoms with Crippen molar-refractivity contribution in [1.82, 2.24) is 9.88 Å². The average Bonchev–Trinajstić information content (AvgIpc) is 2.48. The lowest BCUT2D eigenvalue weighted by atomic mass is 10.1. The van der Waals surface area contributed by atoms with Gasteiger partial charge in [0, 0.05) is 29.6 Å².